The fourth-order valence-electron chi connectivity index (χ4n) is 5.01. The van der Waals surface area contributed by atoms with Crippen molar-refractivity contribution in [3.8, 4) is 0 Å². The highest BCUT2D eigenvalue weighted by Gasteiger charge is 2.40. The molecule has 156 valence electrons. The standard InChI is InChI=1S/C21H35N5S2/c1-22-20(24-18-6-10-25(11-7-18)19-5-4-14-28-19)23-17-21(8-2-3-9-21)26-12-15-27-16-13-26/h4-5,14,18H,2-3,6-13,15-17H2,1H3,(H2,22,23,24). The summed E-state index contributed by atoms with van der Waals surface area (Å²) in [4.78, 5) is 9.84. The van der Waals surface area contributed by atoms with Gasteiger partial charge in [0.15, 0.2) is 5.96 Å². The van der Waals surface area contributed by atoms with Gasteiger partial charge in [0.05, 0.1) is 5.00 Å². The molecule has 0 spiro atoms. The molecule has 28 heavy (non-hydrogen) atoms. The highest BCUT2D eigenvalue weighted by atomic mass is 32.2. The van der Waals surface area contributed by atoms with E-state index in [0.717, 1.165) is 25.6 Å². The Morgan fingerprint density at radius 2 is 1.93 bits per heavy atom. The molecule has 1 aromatic rings. The largest absolute Gasteiger partial charge is 0.363 e. The Morgan fingerprint density at radius 1 is 1.18 bits per heavy atom. The normalized spacial score (nSPS) is 24.5. The highest BCUT2D eigenvalue weighted by Crippen LogP contribution is 2.36. The molecule has 0 amide bonds. The van der Waals surface area contributed by atoms with Gasteiger partial charge in [-0.05, 0) is 43.2 Å². The number of nitrogens with one attached hydrogen (secondary N) is 2. The quantitative estimate of drug-likeness (QED) is 0.564. The summed E-state index contributed by atoms with van der Waals surface area (Å²) in [6.45, 7) is 5.79. The molecule has 5 nitrogen and oxygen atoms in total. The van der Waals surface area contributed by atoms with Gasteiger partial charge in [0.25, 0.3) is 0 Å². The SMILES string of the molecule is CN=C(NCC1(N2CCSCC2)CCCC1)NC1CCN(c2cccs2)CC1. The second-order valence-corrected chi connectivity index (χ2v) is 10.5. The number of nitrogens with zero attached hydrogens (tertiary/aromatic N) is 3. The van der Waals surface area contributed by atoms with Crippen LogP contribution in [-0.4, -0.2) is 73.7 Å². The van der Waals surface area contributed by atoms with Crippen LogP contribution in [0.1, 0.15) is 38.5 Å². The van der Waals surface area contributed by atoms with Gasteiger partial charge in [0, 0.05) is 62.9 Å². The molecule has 0 bridgehead atoms. The van der Waals surface area contributed by atoms with E-state index in [1.165, 1.54) is 68.1 Å². The van der Waals surface area contributed by atoms with Gasteiger partial charge in [0.1, 0.15) is 0 Å². The number of guanidine groups is 1. The average molecular weight is 422 g/mol. The number of hydrogen-bond acceptors (Lipinski definition) is 5. The number of thioether (sulfide) groups is 1. The minimum Gasteiger partial charge on any atom is -0.363 e. The summed E-state index contributed by atoms with van der Waals surface area (Å²) in [7, 11) is 1.91. The van der Waals surface area contributed by atoms with Crippen LogP contribution in [0.25, 0.3) is 0 Å². The van der Waals surface area contributed by atoms with Crippen LogP contribution >= 0.6 is 23.1 Å². The lowest BCUT2D eigenvalue weighted by Gasteiger charge is -2.44. The van der Waals surface area contributed by atoms with Crippen molar-refractivity contribution in [2.24, 2.45) is 4.99 Å². The maximum atomic E-state index is 4.55. The fourth-order valence-corrected chi connectivity index (χ4v) is 6.69. The molecule has 0 aromatic carbocycles. The van der Waals surface area contributed by atoms with Crippen molar-refractivity contribution in [1.29, 1.82) is 0 Å². The molecule has 2 aliphatic heterocycles. The van der Waals surface area contributed by atoms with E-state index < -0.39 is 0 Å². The first-order valence-electron chi connectivity index (χ1n) is 10.9. The van der Waals surface area contributed by atoms with Gasteiger partial charge in [-0.1, -0.05) is 12.8 Å². The molecule has 1 aromatic heterocycles. The molecule has 3 heterocycles. The minimum atomic E-state index is 0.348. The van der Waals surface area contributed by atoms with Crippen molar-refractivity contribution in [3.63, 3.8) is 0 Å². The van der Waals surface area contributed by atoms with Gasteiger partial charge in [-0.25, -0.2) is 0 Å². The lowest BCUT2D eigenvalue weighted by molar-refractivity contribution is 0.107. The Balaban J connectivity index is 1.27. The Labute approximate surface area is 178 Å². The number of rotatable bonds is 5. The van der Waals surface area contributed by atoms with E-state index in [0.29, 0.717) is 11.6 Å². The summed E-state index contributed by atoms with van der Waals surface area (Å²) in [6, 6.07) is 4.91. The lowest BCUT2D eigenvalue weighted by Crippen LogP contribution is -2.58. The van der Waals surface area contributed by atoms with Gasteiger partial charge in [-0.2, -0.15) is 11.8 Å². The van der Waals surface area contributed by atoms with Gasteiger partial charge in [0.2, 0.25) is 0 Å². The summed E-state index contributed by atoms with van der Waals surface area (Å²) in [6.07, 6.45) is 7.76. The van der Waals surface area contributed by atoms with E-state index in [9.17, 15) is 0 Å². The molecule has 1 aliphatic carbocycles. The maximum Gasteiger partial charge on any atom is 0.191 e. The second kappa shape index (κ2) is 9.72. The highest BCUT2D eigenvalue weighted by molar-refractivity contribution is 7.99. The summed E-state index contributed by atoms with van der Waals surface area (Å²) >= 11 is 3.95. The molecule has 7 heteroatoms. The van der Waals surface area contributed by atoms with Crippen molar-refractivity contribution < 1.29 is 0 Å². The first-order chi connectivity index (χ1) is 13.8. The third-order valence-corrected chi connectivity index (χ3v) is 8.55. The first-order valence-corrected chi connectivity index (χ1v) is 12.9. The van der Waals surface area contributed by atoms with E-state index in [1.807, 2.05) is 18.4 Å². The van der Waals surface area contributed by atoms with E-state index in [-0.39, 0.29) is 0 Å². The smallest absolute Gasteiger partial charge is 0.191 e. The van der Waals surface area contributed by atoms with Gasteiger partial charge >= 0.3 is 0 Å². The van der Waals surface area contributed by atoms with Crippen LogP contribution in [0.2, 0.25) is 0 Å². The summed E-state index contributed by atoms with van der Waals surface area (Å²) in [5.41, 5.74) is 0.348. The monoisotopic (exact) mass is 421 g/mol. The number of thiophene rings is 1. The Morgan fingerprint density at radius 3 is 2.57 bits per heavy atom. The summed E-state index contributed by atoms with van der Waals surface area (Å²) in [5.74, 6) is 3.57. The third kappa shape index (κ3) is 4.79. The predicted molar refractivity (Wildman–Crippen MR) is 124 cm³/mol. The van der Waals surface area contributed by atoms with Crippen molar-refractivity contribution in [3.05, 3.63) is 17.5 Å². The van der Waals surface area contributed by atoms with Crippen LogP contribution in [0.5, 0.6) is 0 Å². The van der Waals surface area contributed by atoms with E-state index in [2.05, 4.69) is 54.7 Å². The molecule has 3 fully saturated rings. The van der Waals surface area contributed by atoms with Crippen LogP contribution in [0.4, 0.5) is 5.00 Å². The molecule has 2 N–H and O–H groups in total. The number of piperidine rings is 1. The van der Waals surface area contributed by atoms with Crippen molar-refractivity contribution in [1.82, 2.24) is 15.5 Å². The number of aliphatic imine (C=N–C) groups is 1. The molecular weight excluding hydrogens is 386 g/mol. The van der Waals surface area contributed by atoms with Crippen LogP contribution < -0.4 is 15.5 Å². The van der Waals surface area contributed by atoms with Crippen LogP contribution in [0.3, 0.4) is 0 Å². The Bertz CT molecular complexity index is 613. The molecule has 4 rings (SSSR count). The zero-order valence-electron chi connectivity index (χ0n) is 17.2. The average Bonchev–Trinajstić information content (AvgIpc) is 3.45. The van der Waals surface area contributed by atoms with E-state index >= 15 is 0 Å². The van der Waals surface area contributed by atoms with Crippen molar-refractivity contribution in [2.75, 3.05) is 56.2 Å². The summed E-state index contributed by atoms with van der Waals surface area (Å²) in [5, 5.41) is 11.0. The molecule has 0 radical (unpaired) electrons. The van der Waals surface area contributed by atoms with Gasteiger partial charge < -0.3 is 15.5 Å². The molecule has 3 aliphatic rings. The van der Waals surface area contributed by atoms with Crippen LogP contribution in [-0.2, 0) is 0 Å². The van der Waals surface area contributed by atoms with Gasteiger partial charge in [-0.15, -0.1) is 11.3 Å². The maximum absolute atomic E-state index is 4.55. The first kappa shape index (κ1) is 20.4. The van der Waals surface area contributed by atoms with Crippen LogP contribution in [0.15, 0.2) is 22.5 Å². The number of hydrogen-bond donors (Lipinski definition) is 2. The predicted octanol–water partition coefficient (Wildman–Crippen LogP) is 3.24. The molecule has 1 saturated carbocycles. The summed E-state index contributed by atoms with van der Waals surface area (Å²) < 4.78 is 0. The fraction of sp³-hybridized carbons (Fsp3) is 0.762. The number of anilines is 1. The topological polar surface area (TPSA) is 42.9 Å². The molecule has 2 saturated heterocycles. The Kier molecular flexibility index (Phi) is 7.07. The second-order valence-electron chi connectivity index (χ2n) is 8.31. The van der Waals surface area contributed by atoms with Crippen molar-refractivity contribution >= 4 is 34.1 Å². The van der Waals surface area contributed by atoms with E-state index in [1.54, 1.807) is 0 Å². The molecule has 0 atom stereocenters. The van der Waals surface area contributed by atoms with Gasteiger partial charge in [-0.3, -0.25) is 9.89 Å². The zero-order chi connectivity index (χ0) is 19.2. The molecule has 0 unspecified atom stereocenters. The van der Waals surface area contributed by atoms with Crippen LogP contribution in [0, 0.1) is 0 Å². The van der Waals surface area contributed by atoms with E-state index in [4.69, 9.17) is 0 Å². The Hall–Kier alpha value is -0.920. The zero-order valence-corrected chi connectivity index (χ0v) is 18.8. The van der Waals surface area contributed by atoms with Crippen molar-refractivity contribution in [2.45, 2.75) is 50.1 Å². The minimum absolute atomic E-state index is 0.348. The molecular formula is C21H35N5S2. The third-order valence-electron chi connectivity index (χ3n) is 6.68. The lowest BCUT2D eigenvalue weighted by atomic mass is 9.94.